The smallest absolute Gasteiger partial charge is 0.283 e. The zero-order chi connectivity index (χ0) is 21.6. The average molecular weight is 494 g/mol. The Kier molecular flexibility index (Phi) is 5.98. The van der Waals surface area contributed by atoms with E-state index < -0.39 is 20.6 Å². The van der Waals surface area contributed by atoms with Crippen LogP contribution in [0.2, 0.25) is 20.1 Å². The molecule has 0 saturated carbocycles. The highest BCUT2D eigenvalue weighted by Gasteiger charge is 2.50. The second-order valence-corrected chi connectivity index (χ2v) is 9.26. The quantitative estimate of drug-likeness (QED) is 0.311. The van der Waals surface area contributed by atoms with Crippen molar-refractivity contribution in [1.29, 1.82) is 0 Å². The summed E-state index contributed by atoms with van der Waals surface area (Å²) in [4.78, 5) is 0. The molecule has 3 aromatic rings. The molecule has 0 aliphatic carbocycles. The molecule has 1 unspecified atom stereocenters. The van der Waals surface area contributed by atoms with Crippen LogP contribution in [0, 0.1) is 0 Å². The van der Waals surface area contributed by atoms with E-state index in [9.17, 15) is 23.2 Å². The van der Waals surface area contributed by atoms with Crippen LogP contribution in [0.25, 0.3) is 0 Å². The number of hydrogen-bond acceptors (Lipinski definition) is 4. The molecule has 3 N–H and O–H groups in total. The highest BCUT2D eigenvalue weighted by atomic mass is 35.5. The number of benzene rings is 3. The molecule has 3 rings (SSSR count). The van der Waals surface area contributed by atoms with Gasteiger partial charge in [-0.05, 0) is 41.5 Å². The van der Waals surface area contributed by atoms with Crippen molar-refractivity contribution in [3.63, 3.8) is 0 Å². The van der Waals surface area contributed by atoms with Crippen LogP contribution in [-0.2, 0) is 14.9 Å². The summed E-state index contributed by atoms with van der Waals surface area (Å²) >= 11 is 24.3. The summed E-state index contributed by atoms with van der Waals surface area (Å²) < 4.78 is 34.0. The number of hydrogen-bond donors (Lipinski definition) is 3. The molecule has 0 saturated heterocycles. The first kappa shape index (κ1) is 22.0. The summed E-state index contributed by atoms with van der Waals surface area (Å²) in [5, 5.41) is 19.5. The van der Waals surface area contributed by atoms with Gasteiger partial charge in [-0.15, -0.1) is 0 Å². The molecule has 1 atom stereocenters. The van der Waals surface area contributed by atoms with Crippen LogP contribution in [0.5, 0.6) is 11.5 Å². The standard InChI is InChI=1S/C19H12Cl4O5S/c20-13-4-2-1-3-12(13)19(29(26,27)28,10-5-6-16(24)14(21)7-10)11-8-15(22)18(23)17(25)9-11/h1-9,24-25H,(H,26,27,28). The lowest BCUT2D eigenvalue weighted by Gasteiger charge is -2.33. The molecule has 0 heterocycles. The first-order chi connectivity index (χ1) is 13.5. The molecule has 0 aliphatic rings. The van der Waals surface area contributed by atoms with Crippen LogP contribution in [0.3, 0.4) is 0 Å². The second-order valence-electron chi connectivity index (χ2n) is 6.09. The normalized spacial score (nSPS) is 13.8. The minimum absolute atomic E-state index is 0.0138. The number of aromatic hydroxyl groups is 2. The van der Waals surface area contributed by atoms with Crippen LogP contribution >= 0.6 is 46.4 Å². The van der Waals surface area contributed by atoms with Crippen LogP contribution < -0.4 is 0 Å². The van der Waals surface area contributed by atoms with E-state index in [1.54, 1.807) is 6.07 Å². The van der Waals surface area contributed by atoms with Crippen molar-refractivity contribution in [2.45, 2.75) is 4.75 Å². The van der Waals surface area contributed by atoms with Crippen molar-refractivity contribution in [2.75, 3.05) is 0 Å². The van der Waals surface area contributed by atoms with E-state index in [2.05, 4.69) is 0 Å². The highest BCUT2D eigenvalue weighted by molar-refractivity contribution is 7.87. The van der Waals surface area contributed by atoms with Gasteiger partial charge in [0.1, 0.15) is 16.5 Å². The van der Waals surface area contributed by atoms with E-state index in [4.69, 9.17) is 46.4 Å². The van der Waals surface area contributed by atoms with Crippen LogP contribution in [0.4, 0.5) is 0 Å². The van der Waals surface area contributed by atoms with Crippen LogP contribution in [-0.4, -0.2) is 23.2 Å². The van der Waals surface area contributed by atoms with Gasteiger partial charge in [0.2, 0.25) is 0 Å². The van der Waals surface area contributed by atoms with Crippen LogP contribution in [0.15, 0.2) is 54.6 Å². The predicted octanol–water partition coefficient (Wildman–Crippen LogP) is 5.89. The second kappa shape index (κ2) is 7.87. The van der Waals surface area contributed by atoms with Gasteiger partial charge in [-0.25, -0.2) is 0 Å². The minimum atomic E-state index is -5.02. The lowest BCUT2D eigenvalue weighted by atomic mass is 9.83. The molecule has 29 heavy (non-hydrogen) atoms. The molecular formula is C19H12Cl4O5S. The molecule has 0 radical (unpaired) electrons. The van der Waals surface area contributed by atoms with E-state index in [0.717, 1.165) is 6.07 Å². The Balaban J connectivity index is 2.58. The topological polar surface area (TPSA) is 94.8 Å². The molecule has 0 spiro atoms. The molecule has 5 nitrogen and oxygen atoms in total. The number of phenolic OH excluding ortho intramolecular Hbond substituents is 2. The minimum Gasteiger partial charge on any atom is -0.506 e. The van der Waals surface area contributed by atoms with Gasteiger partial charge < -0.3 is 10.2 Å². The molecule has 0 fully saturated rings. The van der Waals surface area contributed by atoms with Gasteiger partial charge in [0.05, 0.1) is 10.0 Å². The van der Waals surface area contributed by atoms with E-state index in [-0.39, 0.29) is 42.5 Å². The van der Waals surface area contributed by atoms with E-state index in [1.165, 1.54) is 42.5 Å². The third kappa shape index (κ3) is 3.65. The van der Waals surface area contributed by atoms with Gasteiger partial charge in [-0.1, -0.05) is 70.7 Å². The summed E-state index contributed by atoms with van der Waals surface area (Å²) in [6.07, 6.45) is 0. The monoisotopic (exact) mass is 492 g/mol. The summed E-state index contributed by atoms with van der Waals surface area (Å²) in [6, 6.07) is 11.8. The summed E-state index contributed by atoms with van der Waals surface area (Å²) in [5.41, 5.74) is -0.209. The van der Waals surface area contributed by atoms with Crippen molar-refractivity contribution in [3.8, 4) is 11.5 Å². The van der Waals surface area contributed by atoms with Gasteiger partial charge in [0.25, 0.3) is 10.1 Å². The number of rotatable bonds is 4. The van der Waals surface area contributed by atoms with Crippen molar-refractivity contribution in [2.24, 2.45) is 0 Å². The Morgan fingerprint density at radius 3 is 1.90 bits per heavy atom. The molecule has 10 heteroatoms. The highest BCUT2D eigenvalue weighted by Crippen LogP contribution is 2.49. The Hall–Kier alpha value is -1.67. The summed E-state index contributed by atoms with van der Waals surface area (Å²) in [6.45, 7) is 0. The zero-order valence-electron chi connectivity index (χ0n) is 14.3. The maximum absolute atomic E-state index is 12.9. The maximum atomic E-state index is 12.9. The van der Waals surface area contributed by atoms with Crippen molar-refractivity contribution in [1.82, 2.24) is 0 Å². The third-order valence-corrected chi connectivity index (χ3v) is 7.30. The van der Waals surface area contributed by atoms with Crippen molar-refractivity contribution < 1.29 is 23.2 Å². The van der Waals surface area contributed by atoms with Gasteiger partial charge in [0, 0.05) is 10.6 Å². The van der Waals surface area contributed by atoms with E-state index in [0.29, 0.717) is 0 Å². The third-order valence-electron chi connectivity index (χ3n) is 4.41. The molecule has 0 aromatic heterocycles. The zero-order valence-corrected chi connectivity index (χ0v) is 18.1. The Bertz CT molecular complexity index is 1190. The van der Waals surface area contributed by atoms with Crippen molar-refractivity contribution >= 4 is 56.5 Å². The molecule has 3 aromatic carbocycles. The largest absolute Gasteiger partial charge is 0.506 e. The fourth-order valence-electron chi connectivity index (χ4n) is 3.16. The molecule has 0 amide bonds. The van der Waals surface area contributed by atoms with E-state index in [1.807, 2.05) is 0 Å². The Labute approximate surface area is 186 Å². The first-order valence-electron chi connectivity index (χ1n) is 7.89. The molecule has 0 bridgehead atoms. The van der Waals surface area contributed by atoms with Crippen LogP contribution in [0.1, 0.15) is 16.7 Å². The van der Waals surface area contributed by atoms with Gasteiger partial charge >= 0.3 is 0 Å². The SMILES string of the molecule is O=S(=O)(O)C(c1ccc(O)c(Cl)c1)(c1cc(O)c(Cl)c(Cl)c1)c1ccccc1Cl. The Morgan fingerprint density at radius 1 is 0.724 bits per heavy atom. The van der Waals surface area contributed by atoms with Gasteiger partial charge in [-0.2, -0.15) is 8.42 Å². The fraction of sp³-hybridized carbons (Fsp3) is 0.0526. The summed E-state index contributed by atoms with van der Waals surface area (Å²) in [7, 11) is -5.02. The fourth-order valence-corrected chi connectivity index (χ4v) is 5.30. The Morgan fingerprint density at radius 2 is 1.34 bits per heavy atom. The lowest BCUT2D eigenvalue weighted by Crippen LogP contribution is -2.38. The molecule has 0 aliphatic heterocycles. The summed E-state index contributed by atoms with van der Waals surface area (Å²) in [5.74, 6) is -0.796. The maximum Gasteiger partial charge on any atom is 0.283 e. The van der Waals surface area contributed by atoms with Gasteiger partial charge in [0.15, 0.2) is 4.75 Å². The molecule has 152 valence electrons. The predicted molar refractivity (Wildman–Crippen MR) is 114 cm³/mol. The van der Waals surface area contributed by atoms with Gasteiger partial charge in [-0.3, -0.25) is 4.55 Å². The average Bonchev–Trinajstić information content (AvgIpc) is 2.63. The lowest BCUT2D eigenvalue weighted by molar-refractivity contribution is 0.455. The number of halogens is 4. The first-order valence-corrected chi connectivity index (χ1v) is 10.8. The van der Waals surface area contributed by atoms with E-state index >= 15 is 0 Å². The number of phenols is 2. The van der Waals surface area contributed by atoms with Crippen molar-refractivity contribution in [3.05, 3.63) is 91.4 Å². The molecular weight excluding hydrogens is 482 g/mol.